The van der Waals surface area contributed by atoms with Gasteiger partial charge in [0.1, 0.15) is 11.2 Å². The lowest BCUT2D eigenvalue weighted by Gasteiger charge is -2.35. The first-order chi connectivity index (χ1) is 16.3. The highest BCUT2D eigenvalue weighted by molar-refractivity contribution is 5.81. The lowest BCUT2D eigenvalue weighted by Crippen LogP contribution is -2.47. The molecule has 1 saturated heterocycles. The van der Waals surface area contributed by atoms with Crippen LogP contribution in [0.15, 0.2) is 48.5 Å². The molecule has 6 nitrogen and oxygen atoms in total. The zero-order valence-corrected chi connectivity index (χ0v) is 19.7. The second-order valence-corrected chi connectivity index (χ2v) is 9.34. The van der Waals surface area contributed by atoms with Gasteiger partial charge in [0.2, 0.25) is 5.69 Å². The van der Waals surface area contributed by atoms with E-state index in [1.54, 1.807) is 45.0 Å². The van der Waals surface area contributed by atoms with E-state index in [4.69, 9.17) is 4.74 Å². The molecule has 0 radical (unpaired) electrons. The Kier molecular flexibility index (Phi) is 7.46. The molecule has 0 spiro atoms. The molecule has 1 N–H and O–H groups in total. The molecule has 1 aliphatic rings. The van der Waals surface area contributed by atoms with Gasteiger partial charge in [-0.3, -0.25) is 0 Å². The number of ether oxygens (including phenoxy) is 1. The van der Waals surface area contributed by atoms with Crippen LogP contribution in [0.1, 0.15) is 50.3 Å². The van der Waals surface area contributed by atoms with Gasteiger partial charge in [-0.1, -0.05) is 24.0 Å². The number of piperidine rings is 1. The van der Waals surface area contributed by atoms with Gasteiger partial charge < -0.3 is 20.0 Å². The molecule has 0 unspecified atom stereocenters. The van der Waals surface area contributed by atoms with E-state index in [1.165, 1.54) is 11.1 Å². The first kappa shape index (κ1) is 26.1. The molecular weight excluding hydrogens is 461 g/mol. The second kappa shape index (κ2) is 10.0. The fraction of sp³-hybridized carbons (Fsp3) is 0.385. The molecule has 1 aliphatic heterocycles. The molecule has 0 saturated carbocycles. The summed E-state index contributed by atoms with van der Waals surface area (Å²) in [4.78, 5) is 13.8. The van der Waals surface area contributed by atoms with Gasteiger partial charge in [0, 0.05) is 43.6 Å². The maximum Gasteiger partial charge on any atom is 0.416 e. The first-order valence-corrected chi connectivity index (χ1v) is 11.1. The van der Waals surface area contributed by atoms with Crippen LogP contribution in [0.4, 0.5) is 23.7 Å². The molecule has 1 amide bonds. The fourth-order valence-corrected chi connectivity index (χ4v) is 3.42. The third kappa shape index (κ3) is 7.23. The number of benzene rings is 2. The molecule has 9 heteroatoms. The minimum atomic E-state index is -4.48. The van der Waals surface area contributed by atoms with Gasteiger partial charge in [-0.05, 0) is 45.0 Å². The van der Waals surface area contributed by atoms with E-state index in [2.05, 4.69) is 11.8 Å². The number of carbonyl (C=O) groups excluding carboxylic acids is 1. The van der Waals surface area contributed by atoms with Crippen LogP contribution in [0.25, 0.3) is 0 Å². The number of aliphatic hydroxyl groups is 1. The molecular formula is C26H27F3N2O4. The highest BCUT2D eigenvalue weighted by atomic mass is 19.4. The van der Waals surface area contributed by atoms with Crippen LogP contribution in [0.3, 0.4) is 0 Å². The Labute approximate surface area is 202 Å². The van der Waals surface area contributed by atoms with Crippen molar-refractivity contribution in [3.05, 3.63) is 70.4 Å². The summed E-state index contributed by atoms with van der Waals surface area (Å²) in [5.74, 6) is 5.77. The van der Waals surface area contributed by atoms with Gasteiger partial charge in [-0.2, -0.15) is 17.9 Å². The molecule has 0 bridgehead atoms. The smallest absolute Gasteiger partial charge is 0.416 e. The van der Waals surface area contributed by atoms with E-state index in [0.29, 0.717) is 15.9 Å². The normalized spacial score (nSPS) is 16.3. The Balaban J connectivity index is 1.74. The van der Waals surface area contributed by atoms with Crippen molar-refractivity contribution in [3.63, 3.8) is 0 Å². The molecule has 3 rings (SSSR count). The standard InChI is InChI=1S/C26H27F3N2O4/c1-24(2,3)35-23(32)30-16-14-25(33,15-17-30)13-12-19-6-4-5-7-20(19)18-31(34)22-10-8-21(9-11-22)26(27,28)29/h4-11,18,33H,14-17H2,1-3H3/b31-18-. The van der Waals surface area contributed by atoms with Gasteiger partial charge in [0.25, 0.3) is 0 Å². The topological polar surface area (TPSA) is 75.8 Å². The first-order valence-electron chi connectivity index (χ1n) is 11.1. The number of hydrogen-bond donors (Lipinski definition) is 1. The third-order valence-electron chi connectivity index (χ3n) is 5.34. The molecule has 0 atom stereocenters. The van der Waals surface area contributed by atoms with Crippen molar-refractivity contribution in [2.75, 3.05) is 13.1 Å². The highest BCUT2D eigenvalue weighted by Crippen LogP contribution is 2.30. The maximum absolute atomic E-state index is 12.8. The molecule has 0 aliphatic carbocycles. The number of hydrogen-bond acceptors (Lipinski definition) is 4. The SMILES string of the molecule is CC(C)(C)OC(=O)N1CCC(O)(C#Cc2ccccc2/C=[N+](\[O-])c2ccc(C(F)(F)F)cc2)CC1. The zero-order valence-electron chi connectivity index (χ0n) is 19.7. The Morgan fingerprint density at radius 2 is 1.71 bits per heavy atom. The van der Waals surface area contributed by atoms with E-state index < -0.39 is 29.0 Å². The molecule has 2 aromatic rings. The summed E-state index contributed by atoms with van der Waals surface area (Å²) in [6.07, 6.45) is -3.22. The Morgan fingerprint density at radius 3 is 2.29 bits per heavy atom. The van der Waals surface area contributed by atoms with Crippen LogP contribution >= 0.6 is 0 Å². The summed E-state index contributed by atoms with van der Waals surface area (Å²) in [6, 6.07) is 10.6. The number of nitrogens with zero attached hydrogens (tertiary/aromatic N) is 2. The van der Waals surface area contributed by atoms with E-state index in [9.17, 15) is 28.3 Å². The molecule has 186 valence electrons. The van der Waals surface area contributed by atoms with Crippen molar-refractivity contribution < 1.29 is 32.5 Å². The minimum Gasteiger partial charge on any atom is -0.618 e. The quantitative estimate of drug-likeness (QED) is 0.210. The van der Waals surface area contributed by atoms with Crippen molar-refractivity contribution >= 4 is 18.0 Å². The van der Waals surface area contributed by atoms with Crippen LogP contribution in [0.5, 0.6) is 0 Å². The average Bonchev–Trinajstić information content (AvgIpc) is 2.77. The van der Waals surface area contributed by atoms with Gasteiger partial charge in [-0.15, -0.1) is 0 Å². The van der Waals surface area contributed by atoms with Crippen LogP contribution in [0, 0.1) is 17.0 Å². The summed E-state index contributed by atoms with van der Waals surface area (Å²) in [5, 5.41) is 23.4. The molecule has 0 aromatic heterocycles. The van der Waals surface area contributed by atoms with Crippen molar-refractivity contribution in [2.24, 2.45) is 0 Å². The molecule has 2 aromatic carbocycles. The Morgan fingerprint density at radius 1 is 1.11 bits per heavy atom. The maximum atomic E-state index is 12.8. The van der Waals surface area contributed by atoms with Gasteiger partial charge in [-0.25, -0.2) is 4.79 Å². The van der Waals surface area contributed by atoms with E-state index in [-0.39, 0.29) is 31.6 Å². The second-order valence-electron chi connectivity index (χ2n) is 9.34. The number of alkyl halides is 3. The number of likely N-dealkylation sites (tertiary alicyclic amines) is 1. The van der Waals surface area contributed by atoms with Crippen LogP contribution < -0.4 is 0 Å². The monoisotopic (exact) mass is 488 g/mol. The predicted molar refractivity (Wildman–Crippen MR) is 125 cm³/mol. The van der Waals surface area contributed by atoms with Crippen molar-refractivity contribution in [2.45, 2.75) is 51.0 Å². The van der Waals surface area contributed by atoms with Gasteiger partial charge in [0.15, 0.2) is 6.21 Å². The largest absolute Gasteiger partial charge is 0.618 e. The number of halogens is 3. The van der Waals surface area contributed by atoms with Crippen molar-refractivity contribution in [3.8, 4) is 11.8 Å². The summed E-state index contributed by atoms with van der Waals surface area (Å²) < 4.78 is 44.1. The van der Waals surface area contributed by atoms with E-state index >= 15 is 0 Å². The van der Waals surface area contributed by atoms with Gasteiger partial charge >= 0.3 is 12.3 Å². The summed E-state index contributed by atoms with van der Waals surface area (Å²) in [6.45, 7) is 5.93. The van der Waals surface area contributed by atoms with Gasteiger partial charge in [0.05, 0.1) is 11.1 Å². The fourth-order valence-electron chi connectivity index (χ4n) is 3.42. The number of carbonyl (C=O) groups is 1. The van der Waals surface area contributed by atoms with E-state index in [1.807, 2.05) is 0 Å². The molecule has 1 fully saturated rings. The van der Waals surface area contributed by atoms with E-state index in [0.717, 1.165) is 24.3 Å². The zero-order chi connectivity index (χ0) is 25.9. The third-order valence-corrected chi connectivity index (χ3v) is 5.34. The predicted octanol–water partition coefficient (Wildman–Crippen LogP) is 5.08. The summed E-state index contributed by atoms with van der Waals surface area (Å²) in [7, 11) is 0. The Hall–Kier alpha value is -3.51. The average molecular weight is 489 g/mol. The summed E-state index contributed by atoms with van der Waals surface area (Å²) >= 11 is 0. The number of amides is 1. The van der Waals surface area contributed by atoms with Crippen LogP contribution in [-0.4, -0.2) is 51.3 Å². The minimum absolute atomic E-state index is 0.0360. The molecule has 1 heterocycles. The van der Waals surface area contributed by atoms with Crippen LogP contribution in [0.2, 0.25) is 0 Å². The Bertz CT molecular complexity index is 1150. The van der Waals surface area contributed by atoms with Crippen LogP contribution in [-0.2, 0) is 10.9 Å². The van der Waals surface area contributed by atoms with Crippen molar-refractivity contribution in [1.29, 1.82) is 0 Å². The lowest BCUT2D eigenvalue weighted by atomic mass is 9.91. The molecule has 35 heavy (non-hydrogen) atoms. The highest BCUT2D eigenvalue weighted by Gasteiger charge is 2.34. The number of rotatable bonds is 2. The van der Waals surface area contributed by atoms with Crippen molar-refractivity contribution in [1.82, 2.24) is 4.90 Å². The summed E-state index contributed by atoms with van der Waals surface area (Å²) in [5.41, 5.74) is -1.80. The lowest BCUT2D eigenvalue weighted by molar-refractivity contribution is -0.354.